The predicted molar refractivity (Wildman–Crippen MR) is 192 cm³/mol. The number of nitrogens with zero attached hydrogens (tertiary/aromatic N) is 1. The second kappa shape index (κ2) is 19.9. The van der Waals surface area contributed by atoms with Crippen LogP contribution in [0.25, 0.3) is 0 Å². The number of non-ortho nitro benzene ring substituents is 1. The van der Waals surface area contributed by atoms with E-state index in [9.17, 15) is 34.1 Å². The minimum Gasteiger partial charge on any atom is -0.429 e. The molecule has 52 heavy (non-hydrogen) atoms. The van der Waals surface area contributed by atoms with Gasteiger partial charge in [-0.05, 0) is 82.7 Å². The molecule has 2 aromatic rings. The fraction of sp³-hybridized carbons (Fsp3) is 0.514. The summed E-state index contributed by atoms with van der Waals surface area (Å²) in [5, 5.41) is 21.5. The van der Waals surface area contributed by atoms with Gasteiger partial charge in [0.05, 0.1) is 17.1 Å². The van der Waals surface area contributed by atoms with Crippen LogP contribution in [0.5, 0.6) is 5.75 Å². The minimum atomic E-state index is -1.04. The van der Waals surface area contributed by atoms with Crippen LogP contribution in [0.3, 0.4) is 0 Å². The van der Waals surface area contributed by atoms with Gasteiger partial charge < -0.3 is 46.9 Å². The summed E-state index contributed by atoms with van der Waals surface area (Å²) in [5.41, 5.74) is 10.8. The Kier molecular flexibility index (Phi) is 16.4. The van der Waals surface area contributed by atoms with Crippen molar-refractivity contribution in [2.45, 2.75) is 97.1 Å². The van der Waals surface area contributed by atoms with Gasteiger partial charge in [-0.15, -0.1) is 0 Å². The number of carbonyl (C=O) groups excluding carboxylic acids is 5. The molecular weight excluding hydrogens is 678 g/mol. The zero-order chi connectivity index (χ0) is 39.1. The van der Waals surface area contributed by atoms with Crippen LogP contribution >= 0.6 is 0 Å². The number of anilines is 1. The van der Waals surface area contributed by atoms with E-state index in [0.717, 1.165) is 0 Å². The standard InChI is InChI=1S/C35H51N7O10/c1-22(2)29(41-28(43)17-18-35(5,6)51-21-34(3,4)37)31(45)40-27(8-7-19-38-32(36)46)30(44)39-24-11-9-23(10-12-24)20-50-33(47)52-26-15-13-25(14-16-26)42(48)49/h9-16,22,27,29H,7-8,17-21,37H2,1-6H3,(H,39,44)(H,40,45)(H,41,43)(H3,36,38,46)/t27-,29?/m0/s1. The number of nitro benzene ring substituents is 1. The van der Waals surface area contributed by atoms with Gasteiger partial charge in [-0.25, -0.2) is 9.59 Å². The molecule has 5 amide bonds. The second-order valence-electron chi connectivity index (χ2n) is 13.9. The number of primary amides is 1. The lowest BCUT2D eigenvalue weighted by atomic mass is 9.99. The van der Waals surface area contributed by atoms with Gasteiger partial charge >= 0.3 is 12.2 Å². The first-order valence-electron chi connectivity index (χ1n) is 16.8. The van der Waals surface area contributed by atoms with Gasteiger partial charge in [-0.2, -0.15) is 0 Å². The molecule has 0 heterocycles. The molecule has 2 rings (SSSR count). The average Bonchev–Trinajstić information content (AvgIpc) is 3.06. The van der Waals surface area contributed by atoms with Crippen LogP contribution in [0.4, 0.5) is 21.0 Å². The molecule has 0 aliphatic rings. The molecule has 2 aromatic carbocycles. The van der Waals surface area contributed by atoms with Crippen molar-refractivity contribution in [1.29, 1.82) is 0 Å². The Hall–Kier alpha value is -5.29. The number of hydrogen-bond acceptors (Lipinski definition) is 11. The van der Waals surface area contributed by atoms with Gasteiger partial charge in [-0.3, -0.25) is 24.5 Å². The van der Waals surface area contributed by atoms with E-state index in [1.807, 2.05) is 27.7 Å². The van der Waals surface area contributed by atoms with E-state index < -0.39 is 52.1 Å². The summed E-state index contributed by atoms with van der Waals surface area (Å²) < 4.78 is 16.0. The molecule has 0 aliphatic heterocycles. The molecule has 17 heteroatoms. The topological polar surface area (TPSA) is 256 Å². The maximum atomic E-state index is 13.5. The number of nitro groups is 1. The Bertz CT molecular complexity index is 1520. The quantitative estimate of drug-likeness (QED) is 0.0377. The molecule has 0 fully saturated rings. The van der Waals surface area contributed by atoms with Crippen molar-refractivity contribution in [3.05, 3.63) is 64.2 Å². The Morgan fingerprint density at radius 1 is 0.923 bits per heavy atom. The Morgan fingerprint density at radius 3 is 2.12 bits per heavy atom. The van der Waals surface area contributed by atoms with Crippen molar-refractivity contribution >= 4 is 41.3 Å². The van der Waals surface area contributed by atoms with Crippen LogP contribution in [-0.2, 0) is 30.5 Å². The van der Waals surface area contributed by atoms with Crippen LogP contribution < -0.4 is 37.5 Å². The third kappa shape index (κ3) is 16.6. The van der Waals surface area contributed by atoms with Gasteiger partial charge in [0.15, 0.2) is 0 Å². The SMILES string of the molecule is CC(C)C(NC(=O)CCC(C)(C)OCC(C)(C)N)C(=O)N[C@@H](CCCNC(N)=O)C(=O)Nc1ccc(COC(=O)Oc2ccc([N+](=O)[O-])cc2)cc1. The van der Waals surface area contributed by atoms with Crippen molar-refractivity contribution in [3.63, 3.8) is 0 Å². The fourth-order valence-electron chi connectivity index (χ4n) is 4.51. The van der Waals surface area contributed by atoms with Crippen molar-refractivity contribution in [2.24, 2.45) is 17.4 Å². The summed E-state index contributed by atoms with van der Waals surface area (Å²) in [7, 11) is 0. The van der Waals surface area contributed by atoms with Crippen LogP contribution in [-0.4, -0.2) is 71.2 Å². The first-order chi connectivity index (χ1) is 24.2. The first-order valence-corrected chi connectivity index (χ1v) is 16.8. The van der Waals surface area contributed by atoms with Gasteiger partial charge in [0.25, 0.3) is 5.69 Å². The molecule has 2 atom stereocenters. The van der Waals surface area contributed by atoms with Crippen LogP contribution in [0.15, 0.2) is 48.5 Å². The third-order valence-electron chi connectivity index (χ3n) is 7.48. The molecule has 0 saturated heterocycles. The van der Waals surface area contributed by atoms with E-state index in [1.54, 1.807) is 38.1 Å². The van der Waals surface area contributed by atoms with Crippen molar-refractivity contribution in [2.75, 3.05) is 18.5 Å². The Labute approximate surface area is 303 Å². The number of ether oxygens (including phenoxy) is 3. The molecular formula is C35H51N7O10. The maximum absolute atomic E-state index is 13.5. The summed E-state index contributed by atoms with van der Waals surface area (Å²) >= 11 is 0. The number of nitrogens with two attached hydrogens (primary N) is 2. The first kappa shape index (κ1) is 42.9. The zero-order valence-corrected chi connectivity index (χ0v) is 30.5. The maximum Gasteiger partial charge on any atom is 0.514 e. The molecule has 286 valence electrons. The summed E-state index contributed by atoms with van der Waals surface area (Å²) in [4.78, 5) is 73.2. The van der Waals surface area contributed by atoms with E-state index in [0.29, 0.717) is 30.7 Å². The van der Waals surface area contributed by atoms with Crippen molar-refractivity contribution < 1.29 is 43.1 Å². The number of hydrogen-bond donors (Lipinski definition) is 6. The number of rotatable bonds is 20. The number of urea groups is 1. The highest BCUT2D eigenvalue weighted by Crippen LogP contribution is 2.20. The summed E-state index contributed by atoms with van der Waals surface area (Å²) in [6.07, 6.45) is -0.0880. The van der Waals surface area contributed by atoms with Gasteiger partial charge in [0.1, 0.15) is 24.4 Å². The van der Waals surface area contributed by atoms with E-state index in [2.05, 4.69) is 21.3 Å². The molecule has 0 aromatic heterocycles. The summed E-state index contributed by atoms with van der Waals surface area (Å²) in [5.74, 6) is -1.70. The third-order valence-corrected chi connectivity index (χ3v) is 7.48. The monoisotopic (exact) mass is 729 g/mol. The van der Waals surface area contributed by atoms with E-state index in [1.165, 1.54) is 24.3 Å². The minimum absolute atomic E-state index is 0.0697. The normalized spacial score (nSPS) is 12.6. The largest absolute Gasteiger partial charge is 0.514 e. The van der Waals surface area contributed by atoms with E-state index in [-0.39, 0.29) is 49.3 Å². The molecule has 0 bridgehead atoms. The zero-order valence-electron chi connectivity index (χ0n) is 30.5. The Morgan fingerprint density at radius 2 is 1.56 bits per heavy atom. The molecule has 0 saturated carbocycles. The predicted octanol–water partition coefficient (Wildman–Crippen LogP) is 3.64. The molecule has 0 radical (unpaired) electrons. The number of amides is 5. The number of nitrogens with one attached hydrogen (secondary N) is 4. The summed E-state index contributed by atoms with van der Waals surface area (Å²) in [6, 6.07) is 8.56. The Balaban J connectivity index is 2.01. The van der Waals surface area contributed by atoms with Gasteiger partial charge in [0, 0.05) is 36.3 Å². The van der Waals surface area contributed by atoms with E-state index >= 15 is 0 Å². The molecule has 0 spiro atoms. The lowest BCUT2D eigenvalue weighted by Gasteiger charge is -2.30. The van der Waals surface area contributed by atoms with Crippen LogP contribution in [0.2, 0.25) is 0 Å². The average molecular weight is 730 g/mol. The molecule has 1 unspecified atom stereocenters. The van der Waals surface area contributed by atoms with Crippen LogP contribution in [0, 0.1) is 16.0 Å². The van der Waals surface area contributed by atoms with Crippen molar-refractivity contribution in [3.8, 4) is 5.75 Å². The molecule has 0 aliphatic carbocycles. The lowest BCUT2D eigenvalue weighted by molar-refractivity contribution is -0.384. The summed E-state index contributed by atoms with van der Waals surface area (Å²) in [6.45, 7) is 11.3. The lowest BCUT2D eigenvalue weighted by Crippen LogP contribution is -2.54. The van der Waals surface area contributed by atoms with Crippen molar-refractivity contribution in [1.82, 2.24) is 16.0 Å². The smallest absolute Gasteiger partial charge is 0.429 e. The highest BCUT2D eigenvalue weighted by Gasteiger charge is 2.30. The highest BCUT2D eigenvalue weighted by molar-refractivity contribution is 5.98. The fourth-order valence-corrected chi connectivity index (χ4v) is 4.51. The van der Waals surface area contributed by atoms with Gasteiger partial charge in [0.2, 0.25) is 17.7 Å². The highest BCUT2D eigenvalue weighted by atomic mass is 16.7. The number of benzene rings is 2. The van der Waals surface area contributed by atoms with Crippen LogP contribution in [0.1, 0.15) is 72.8 Å². The van der Waals surface area contributed by atoms with E-state index in [4.69, 9.17) is 25.7 Å². The second-order valence-corrected chi connectivity index (χ2v) is 13.9. The van der Waals surface area contributed by atoms with Gasteiger partial charge in [-0.1, -0.05) is 26.0 Å². The number of carbonyl (C=O) groups is 5. The molecule has 8 N–H and O–H groups in total. The molecule has 17 nitrogen and oxygen atoms in total.